The smallest absolute Gasteiger partial charge is 0.220 e. The van der Waals surface area contributed by atoms with Gasteiger partial charge in [0.1, 0.15) is 0 Å². The Morgan fingerprint density at radius 1 is 1.20 bits per heavy atom. The van der Waals surface area contributed by atoms with Crippen LogP contribution in [0.1, 0.15) is 36.5 Å². The molecule has 1 rings (SSSR count). The number of nitrogens with one attached hydrogen (secondary N) is 1. The number of ketones is 1. The Kier molecular flexibility index (Phi) is 6.56. The summed E-state index contributed by atoms with van der Waals surface area (Å²) in [6.07, 6.45) is 1.26. The Bertz CT molecular complexity index is 471. The van der Waals surface area contributed by atoms with Crippen molar-refractivity contribution < 1.29 is 19.1 Å². The van der Waals surface area contributed by atoms with Crippen molar-refractivity contribution in [1.82, 2.24) is 5.32 Å². The normalized spacial score (nSPS) is 9.95. The second-order valence-electron chi connectivity index (χ2n) is 4.31. The van der Waals surface area contributed by atoms with Crippen molar-refractivity contribution in [2.75, 3.05) is 20.8 Å². The predicted molar refractivity (Wildman–Crippen MR) is 76.4 cm³/mol. The van der Waals surface area contributed by atoms with Gasteiger partial charge in [-0.2, -0.15) is 0 Å². The van der Waals surface area contributed by atoms with E-state index in [9.17, 15) is 9.59 Å². The molecule has 5 nitrogen and oxygen atoms in total. The van der Waals surface area contributed by atoms with Gasteiger partial charge in [0.2, 0.25) is 5.91 Å². The standard InChI is InChI=1S/C15H21NO4/c1-4-9-20-13-7-5-11(10-14(13)19-3)12(17)6-8-15(18)16-2/h5,7,10H,4,6,8-9H2,1-3H3,(H,16,18). The minimum Gasteiger partial charge on any atom is -0.493 e. The molecule has 0 bridgehead atoms. The monoisotopic (exact) mass is 279 g/mol. The molecule has 0 spiro atoms. The number of Topliss-reactive ketones (excluding diaryl/α,β-unsaturated/α-hetero) is 1. The van der Waals surface area contributed by atoms with Gasteiger partial charge in [0, 0.05) is 25.5 Å². The summed E-state index contributed by atoms with van der Waals surface area (Å²) < 4.78 is 10.8. The third-order valence-electron chi connectivity index (χ3n) is 2.81. The molecule has 0 unspecified atom stereocenters. The zero-order chi connectivity index (χ0) is 15.0. The highest BCUT2D eigenvalue weighted by Crippen LogP contribution is 2.28. The lowest BCUT2D eigenvalue weighted by molar-refractivity contribution is -0.120. The minimum atomic E-state index is -0.145. The summed E-state index contributed by atoms with van der Waals surface area (Å²) >= 11 is 0. The lowest BCUT2D eigenvalue weighted by atomic mass is 10.1. The van der Waals surface area contributed by atoms with E-state index in [0.717, 1.165) is 6.42 Å². The summed E-state index contributed by atoms with van der Waals surface area (Å²) in [5.74, 6) is 0.920. The van der Waals surface area contributed by atoms with Gasteiger partial charge in [-0.15, -0.1) is 0 Å². The molecule has 1 aromatic carbocycles. The van der Waals surface area contributed by atoms with Crippen LogP contribution in [0, 0.1) is 0 Å². The van der Waals surface area contributed by atoms with E-state index in [1.54, 1.807) is 25.2 Å². The van der Waals surface area contributed by atoms with Gasteiger partial charge >= 0.3 is 0 Å². The Morgan fingerprint density at radius 2 is 1.95 bits per heavy atom. The number of rotatable bonds is 8. The summed E-state index contributed by atoms with van der Waals surface area (Å²) in [5.41, 5.74) is 0.523. The van der Waals surface area contributed by atoms with Crippen molar-refractivity contribution in [3.63, 3.8) is 0 Å². The molecule has 1 N–H and O–H groups in total. The Hall–Kier alpha value is -2.04. The Balaban J connectivity index is 2.75. The molecule has 0 aromatic heterocycles. The van der Waals surface area contributed by atoms with Crippen molar-refractivity contribution >= 4 is 11.7 Å². The van der Waals surface area contributed by atoms with Crippen LogP contribution in [0.2, 0.25) is 0 Å². The molecule has 20 heavy (non-hydrogen) atoms. The molecular weight excluding hydrogens is 258 g/mol. The van der Waals surface area contributed by atoms with Crippen molar-refractivity contribution in [1.29, 1.82) is 0 Å². The largest absolute Gasteiger partial charge is 0.493 e. The number of hydrogen-bond donors (Lipinski definition) is 1. The highest BCUT2D eigenvalue weighted by atomic mass is 16.5. The van der Waals surface area contributed by atoms with E-state index < -0.39 is 0 Å². The average Bonchev–Trinajstić information content (AvgIpc) is 2.49. The van der Waals surface area contributed by atoms with Gasteiger partial charge in [0.25, 0.3) is 0 Å². The zero-order valence-corrected chi connectivity index (χ0v) is 12.2. The first-order valence-electron chi connectivity index (χ1n) is 6.67. The number of amides is 1. The third kappa shape index (κ3) is 4.57. The first-order valence-corrected chi connectivity index (χ1v) is 6.67. The maximum atomic E-state index is 12.0. The number of methoxy groups -OCH3 is 1. The van der Waals surface area contributed by atoms with Gasteiger partial charge in [0.05, 0.1) is 13.7 Å². The summed E-state index contributed by atoms with van der Waals surface area (Å²) in [7, 11) is 3.09. The van der Waals surface area contributed by atoms with E-state index >= 15 is 0 Å². The molecule has 5 heteroatoms. The van der Waals surface area contributed by atoms with Gasteiger partial charge in [-0.3, -0.25) is 9.59 Å². The van der Waals surface area contributed by atoms with Crippen LogP contribution < -0.4 is 14.8 Å². The number of carbonyl (C=O) groups excluding carboxylic acids is 2. The van der Waals surface area contributed by atoms with E-state index in [1.165, 1.54) is 7.11 Å². The van der Waals surface area contributed by atoms with E-state index in [2.05, 4.69) is 5.32 Å². The highest BCUT2D eigenvalue weighted by molar-refractivity contribution is 5.98. The van der Waals surface area contributed by atoms with Crippen LogP contribution in [0.5, 0.6) is 11.5 Å². The summed E-state index contributed by atoms with van der Waals surface area (Å²) in [5, 5.41) is 2.49. The second kappa shape index (κ2) is 8.19. The fraction of sp³-hybridized carbons (Fsp3) is 0.467. The van der Waals surface area contributed by atoms with Crippen molar-refractivity contribution in [3.05, 3.63) is 23.8 Å². The number of benzene rings is 1. The number of ether oxygens (including phenoxy) is 2. The third-order valence-corrected chi connectivity index (χ3v) is 2.81. The molecule has 1 aromatic rings. The first kappa shape index (κ1) is 16.0. The predicted octanol–water partition coefficient (Wildman–Crippen LogP) is 2.19. The van der Waals surface area contributed by atoms with E-state index in [-0.39, 0.29) is 24.5 Å². The molecule has 0 heterocycles. The maximum Gasteiger partial charge on any atom is 0.220 e. The summed E-state index contributed by atoms with van der Waals surface area (Å²) in [6.45, 7) is 2.61. The van der Waals surface area contributed by atoms with Crippen LogP contribution in [0.3, 0.4) is 0 Å². The molecule has 0 aliphatic heterocycles. The van der Waals surface area contributed by atoms with Crippen LogP contribution in [0.15, 0.2) is 18.2 Å². The molecule has 0 aliphatic rings. The zero-order valence-electron chi connectivity index (χ0n) is 12.2. The summed E-state index contributed by atoms with van der Waals surface area (Å²) in [4.78, 5) is 23.1. The molecule has 1 amide bonds. The van der Waals surface area contributed by atoms with Crippen molar-refractivity contribution in [2.24, 2.45) is 0 Å². The highest BCUT2D eigenvalue weighted by Gasteiger charge is 2.12. The average molecular weight is 279 g/mol. The lowest BCUT2D eigenvalue weighted by Crippen LogP contribution is -2.18. The van der Waals surface area contributed by atoms with Crippen LogP contribution in [-0.2, 0) is 4.79 Å². The molecule has 0 saturated carbocycles. The van der Waals surface area contributed by atoms with Gasteiger partial charge in [-0.1, -0.05) is 6.92 Å². The maximum absolute atomic E-state index is 12.0. The molecule has 110 valence electrons. The second-order valence-corrected chi connectivity index (χ2v) is 4.31. The molecule has 0 radical (unpaired) electrons. The lowest BCUT2D eigenvalue weighted by Gasteiger charge is -2.11. The van der Waals surface area contributed by atoms with Crippen LogP contribution in [-0.4, -0.2) is 32.5 Å². The fourth-order valence-electron chi connectivity index (χ4n) is 1.67. The van der Waals surface area contributed by atoms with Gasteiger partial charge < -0.3 is 14.8 Å². The fourth-order valence-corrected chi connectivity index (χ4v) is 1.67. The van der Waals surface area contributed by atoms with Gasteiger partial charge in [0.15, 0.2) is 17.3 Å². The van der Waals surface area contributed by atoms with Crippen LogP contribution in [0.25, 0.3) is 0 Å². The number of hydrogen-bond acceptors (Lipinski definition) is 4. The number of carbonyl (C=O) groups is 2. The van der Waals surface area contributed by atoms with Gasteiger partial charge in [-0.05, 0) is 24.6 Å². The molecule has 0 fully saturated rings. The van der Waals surface area contributed by atoms with Crippen molar-refractivity contribution in [3.8, 4) is 11.5 Å². The molecule has 0 atom stereocenters. The van der Waals surface area contributed by atoms with E-state index in [1.807, 2.05) is 6.92 Å². The minimum absolute atomic E-state index is 0.0889. The molecular formula is C15H21NO4. The quantitative estimate of drug-likeness (QED) is 0.741. The summed E-state index contributed by atoms with van der Waals surface area (Å²) in [6, 6.07) is 5.07. The van der Waals surface area contributed by atoms with Crippen LogP contribution in [0.4, 0.5) is 0 Å². The van der Waals surface area contributed by atoms with Gasteiger partial charge in [-0.25, -0.2) is 0 Å². The first-order chi connectivity index (χ1) is 9.62. The SMILES string of the molecule is CCCOc1ccc(C(=O)CCC(=O)NC)cc1OC. The van der Waals surface area contributed by atoms with Crippen LogP contribution >= 0.6 is 0 Å². The Labute approximate surface area is 119 Å². The molecule has 0 saturated heterocycles. The van der Waals surface area contributed by atoms with Crippen molar-refractivity contribution in [2.45, 2.75) is 26.2 Å². The van der Waals surface area contributed by atoms with E-state index in [4.69, 9.17) is 9.47 Å². The topological polar surface area (TPSA) is 64.6 Å². The van der Waals surface area contributed by atoms with E-state index in [0.29, 0.717) is 23.7 Å². The Morgan fingerprint density at radius 3 is 2.55 bits per heavy atom. The molecule has 0 aliphatic carbocycles.